The number of hydrogen-bond acceptors (Lipinski definition) is 6. The summed E-state index contributed by atoms with van der Waals surface area (Å²) in [5.74, 6) is 2.36. The van der Waals surface area contributed by atoms with Crippen molar-refractivity contribution in [1.82, 2.24) is 14.8 Å². The van der Waals surface area contributed by atoms with Crippen molar-refractivity contribution < 1.29 is 14.3 Å². The van der Waals surface area contributed by atoms with E-state index in [0.717, 1.165) is 28.5 Å². The summed E-state index contributed by atoms with van der Waals surface area (Å²) in [6, 6.07) is 7.60. The van der Waals surface area contributed by atoms with Gasteiger partial charge in [0.05, 0.1) is 11.4 Å². The second-order valence-corrected chi connectivity index (χ2v) is 7.65. The SMILES string of the molecule is Cc1cc(NC(=O)CC(C)C)n(-c2nc(-c3ccc4c(c3)OCO4)cs2)n1. The number of hydrogen-bond donors (Lipinski definition) is 1. The van der Waals surface area contributed by atoms with Crippen LogP contribution in [0.25, 0.3) is 16.4 Å². The number of nitrogens with zero attached hydrogens (tertiary/aromatic N) is 3. The normalized spacial score (nSPS) is 12.6. The summed E-state index contributed by atoms with van der Waals surface area (Å²) in [6.45, 7) is 6.16. The molecule has 1 aliphatic heterocycles. The number of carbonyl (C=O) groups is 1. The summed E-state index contributed by atoms with van der Waals surface area (Å²) in [6.07, 6.45) is 0.463. The lowest BCUT2D eigenvalue weighted by Gasteiger charge is -2.08. The van der Waals surface area contributed by atoms with Crippen LogP contribution in [0.15, 0.2) is 29.6 Å². The van der Waals surface area contributed by atoms with Crippen molar-refractivity contribution in [2.24, 2.45) is 5.92 Å². The topological polar surface area (TPSA) is 78.3 Å². The molecule has 3 heterocycles. The number of ether oxygens (including phenoxy) is 2. The van der Waals surface area contributed by atoms with Gasteiger partial charge in [0.15, 0.2) is 11.5 Å². The maximum Gasteiger partial charge on any atom is 0.231 e. The van der Waals surface area contributed by atoms with Gasteiger partial charge in [-0.05, 0) is 31.0 Å². The van der Waals surface area contributed by atoms with Gasteiger partial charge in [-0.2, -0.15) is 9.78 Å². The summed E-state index contributed by atoms with van der Waals surface area (Å²) in [5, 5.41) is 10.1. The van der Waals surface area contributed by atoms with Crippen LogP contribution in [0.5, 0.6) is 11.5 Å². The van der Waals surface area contributed by atoms with Crippen molar-refractivity contribution >= 4 is 23.1 Å². The number of benzene rings is 1. The molecule has 140 valence electrons. The molecule has 27 heavy (non-hydrogen) atoms. The molecule has 0 atom stereocenters. The number of anilines is 1. The second-order valence-electron chi connectivity index (χ2n) is 6.81. The first-order valence-electron chi connectivity index (χ1n) is 8.72. The van der Waals surface area contributed by atoms with Gasteiger partial charge in [0.2, 0.25) is 17.8 Å². The lowest BCUT2D eigenvalue weighted by Crippen LogP contribution is -2.16. The average molecular weight is 384 g/mol. The Hall–Kier alpha value is -2.87. The lowest BCUT2D eigenvalue weighted by atomic mass is 10.1. The largest absolute Gasteiger partial charge is 0.454 e. The molecule has 0 saturated carbocycles. The number of fused-ring (bicyclic) bond motifs is 1. The molecule has 2 aromatic heterocycles. The van der Waals surface area contributed by atoms with Gasteiger partial charge in [-0.3, -0.25) is 4.79 Å². The fourth-order valence-electron chi connectivity index (χ4n) is 2.85. The summed E-state index contributed by atoms with van der Waals surface area (Å²) >= 11 is 1.47. The van der Waals surface area contributed by atoms with Gasteiger partial charge in [0.1, 0.15) is 5.82 Å². The van der Waals surface area contributed by atoms with E-state index < -0.39 is 0 Å². The van der Waals surface area contributed by atoms with Gasteiger partial charge < -0.3 is 14.8 Å². The van der Waals surface area contributed by atoms with Crippen LogP contribution in [0.3, 0.4) is 0 Å². The van der Waals surface area contributed by atoms with Gasteiger partial charge in [0.25, 0.3) is 0 Å². The van der Waals surface area contributed by atoms with E-state index >= 15 is 0 Å². The molecular weight excluding hydrogens is 364 g/mol. The van der Waals surface area contributed by atoms with E-state index in [-0.39, 0.29) is 12.7 Å². The summed E-state index contributed by atoms with van der Waals surface area (Å²) in [5.41, 5.74) is 2.58. The van der Waals surface area contributed by atoms with Crippen LogP contribution in [-0.2, 0) is 4.79 Å². The molecule has 4 rings (SSSR count). The minimum absolute atomic E-state index is 0.0290. The predicted molar refractivity (Wildman–Crippen MR) is 104 cm³/mol. The van der Waals surface area contributed by atoms with Crippen molar-refractivity contribution in [2.75, 3.05) is 12.1 Å². The first-order valence-corrected chi connectivity index (χ1v) is 9.60. The quantitative estimate of drug-likeness (QED) is 0.719. The zero-order valence-corrected chi connectivity index (χ0v) is 16.2. The van der Waals surface area contributed by atoms with E-state index in [0.29, 0.717) is 23.3 Å². The van der Waals surface area contributed by atoms with Crippen molar-refractivity contribution in [1.29, 1.82) is 0 Å². The highest BCUT2D eigenvalue weighted by Gasteiger charge is 2.17. The predicted octanol–water partition coefficient (Wildman–Crippen LogP) is 4.02. The van der Waals surface area contributed by atoms with Crippen molar-refractivity contribution in [3.05, 3.63) is 35.3 Å². The zero-order chi connectivity index (χ0) is 19.0. The third-order valence-corrected chi connectivity index (χ3v) is 4.85. The molecule has 3 aromatic rings. The smallest absolute Gasteiger partial charge is 0.231 e. The Morgan fingerprint density at radius 3 is 2.93 bits per heavy atom. The number of rotatable bonds is 5. The van der Waals surface area contributed by atoms with Crippen LogP contribution in [0, 0.1) is 12.8 Å². The number of amides is 1. The Morgan fingerprint density at radius 2 is 2.11 bits per heavy atom. The maximum absolute atomic E-state index is 12.2. The highest BCUT2D eigenvalue weighted by atomic mass is 32.1. The maximum atomic E-state index is 12.2. The van der Waals surface area contributed by atoms with Crippen LogP contribution in [-0.4, -0.2) is 27.5 Å². The van der Waals surface area contributed by atoms with E-state index in [1.165, 1.54) is 11.3 Å². The number of aryl methyl sites for hydroxylation is 1. The molecule has 0 radical (unpaired) electrons. The molecule has 0 aliphatic carbocycles. The van der Waals surface area contributed by atoms with E-state index in [1.54, 1.807) is 4.68 Å². The Kier molecular flexibility index (Phi) is 4.57. The zero-order valence-electron chi connectivity index (χ0n) is 15.4. The van der Waals surface area contributed by atoms with Gasteiger partial charge >= 0.3 is 0 Å². The number of nitrogens with one attached hydrogen (secondary N) is 1. The van der Waals surface area contributed by atoms with E-state index in [9.17, 15) is 4.79 Å². The molecule has 0 spiro atoms. The monoisotopic (exact) mass is 384 g/mol. The second kappa shape index (κ2) is 7.03. The molecule has 1 aromatic carbocycles. The van der Waals surface area contributed by atoms with Crippen molar-refractivity contribution in [3.8, 4) is 27.9 Å². The molecule has 1 aliphatic rings. The molecule has 0 unspecified atom stereocenters. The first-order chi connectivity index (χ1) is 13.0. The third kappa shape index (κ3) is 3.66. The fourth-order valence-corrected chi connectivity index (χ4v) is 3.64. The summed E-state index contributed by atoms with van der Waals surface area (Å²) in [4.78, 5) is 16.8. The average Bonchev–Trinajstić information content (AvgIpc) is 3.32. The van der Waals surface area contributed by atoms with Gasteiger partial charge in [0, 0.05) is 23.4 Å². The van der Waals surface area contributed by atoms with E-state index in [4.69, 9.17) is 9.47 Å². The Bertz CT molecular complexity index is 993. The lowest BCUT2D eigenvalue weighted by molar-refractivity contribution is -0.116. The van der Waals surface area contributed by atoms with Crippen LogP contribution in [0.1, 0.15) is 26.0 Å². The Morgan fingerprint density at radius 1 is 1.30 bits per heavy atom. The summed E-state index contributed by atoms with van der Waals surface area (Å²) in [7, 11) is 0. The molecule has 0 saturated heterocycles. The molecule has 0 fully saturated rings. The number of aromatic nitrogens is 3. The summed E-state index contributed by atoms with van der Waals surface area (Å²) < 4.78 is 12.5. The van der Waals surface area contributed by atoms with Crippen molar-refractivity contribution in [2.45, 2.75) is 27.2 Å². The van der Waals surface area contributed by atoms with Crippen LogP contribution in [0.4, 0.5) is 5.82 Å². The van der Waals surface area contributed by atoms with Crippen LogP contribution >= 0.6 is 11.3 Å². The van der Waals surface area contributed by atoms with Crippen molar-refractivity contribution in [3.63, 3.8) is 0 Å². The molecule has 8 heteroatoms. The molecule has 7 nitrogen and oxygen atoms in total. The standard InChI is InChI=1S/C19H20N4O3S/c1-11(2)6-18(24)21-17-7-12(3)22-23(17)19-20-14(9-27-19)13-4-5-15-16(8-13)26-10-25-15/h4-5,7-9,11H,6,10H2,1-3H3,(H,21,24). The molecule has 1 N–H and O–H groups in total. The van der Waals surface area contributed by atoms with E-state index in [2.05, 4.69) is 15.4 Å². The molecule has 0 bridgehead atoms. The van der Waals surface area contributed by atoms with Crippen LogP contribution in [0.2, 0.25) is 0 Å². The van der Waals surface area contributed by atoms with Crippen LogP contribution < -0.4 is 14.8 Å². The Balaban J connectivity index is 1.61. The minimum atomic E-state index is -0.0290. The number of thiazole rings is 1. The third-order valence-electron chi connectivity index (χ3n) is 4.03. The van der Waals surface area contributed by atoms with Gasteiger partial charge in [-0.15, -0.1) is 11.3 Å². The highest BCUT2D eigenvalue weighted by Crippen LogP contribution is 2.36. The number of carbonyl (C=O) groups excluding carboxylic acids is 1. The van der Waals surface area contributed by atoms with E-state index in [1.807, 2.05) is 50.4 Å². The van der Waals surface area contributed by atoms with Gasteiger partial charge in [-0.25, -0.2) is 4.98 Å². The fraction of sp³-hybridized carbons (Fsp3) is 0.316. The molecule has 1 amide bonds. The first kappa shape index (κ1) is 17.5. The minimum Gasteiger partial charge on any atom is -0.454 e. The molecular formula is C19H20N4O3S. The highest BCUT2D eigenvalue weighted by molar-refractivity contribution is 7.12. The Labute approximate surface area is 161 Å². The van der Waals surface area contributed by atoms with Gasteiger partial charge in [-0.1, -0.05) is 13.8 Å².